The van der Waals surface area contributed by atoms with E-state index in [1.165, 1.54) is 0 Å². The molecule has 0 bridgehead atoms. The summed E-state index contributed by atoms with van der Waals surface area (Å²) >= 11 is 6.12. The minimum absolute atomic E-state index is 0.0313. The quantitative estimate of drug-likeness (QED) is 0.873. The Balaban J connectivity index is 2.79. The van der Waals surface area contributed by atoms with Gasteiger partial charge in [0.25, 0.3) is 0 Å². The lowest BCUT2D eigenvalue weighted by molar-refractivity contribution is -0.136. The van der Waals surface area contributed by atoms with Crippen molar-refractivity contribution < 1.29 is 9.90 Å². The Kier molecular flexibility index (Phi) is 2.64. The fraction of sp³-hybridized carbons (Fsp3) is 0.250. The fourth-order valence-electron chi connectivity index (χ4n) is 2.04. The van der Waals surface area contributed by atoms with Gasteiger partial charge in [-0.05, 0) is 18.6 Å². The highest BCUT2D eigenvalue weighted by molar-refractivity contribution is 6.35. The molecule has 1 N–H and O–H groups in total. The summed E-state index contributed by atoms with van der Waals surface area (Å²) in [5.41, 5.74) is 2.69. The van der Waals surface area contributed by atoms with Gasteiger partial charge >= 0.3 is 5.97 Å². The van der Waals surface area contributed by atoms with Crippen molar-refractivity contribution in [2.45, 2.75) is 13.3 Å². The summed E-state index contributed by atoms with van der Waals surface area (Å²) in [7, 11) is 1.90. The Morgan fingerprint density at radius 2 is 2.19 bits per heavy atom. The first kappa shape index (κ1) is 11.0. The van der Waals surface area contributed by atoms with Gasteiger partial charge in [-0.1, -0.05) is 23.7 Å². The van der Waals surface area contributed by atoms with Gasteiger partial charge in [0.05, 0.1) is 17.0 Å². The van der Waals surface area contributed by atoms with E-state index in [1.54, 1.807) is 0 Å². The Labute approximate surface area is 98.3 Å². The first-order chi connectivity index (χ1) is 7.52. The number of aryl methyl sites for hydroxylation is 1. The van der Waals surface area contributed by atoms with E-state index in [2.05, 4.69) is 0 Å². The van der Waals surface area contributed by atoms with E-state index >= 15 is 0 Å². The molecule has 4 heteroatoms. The van der Waals surface area contributed by atoms with Crippen LogP contribution in [0.5, 0.6) is 0 Å². The van der Waals surface area contributed by atoms with Gasteiger partial charge < -0.3 is 9.67 Å². The summed E-state index contributed by atoms with van der Waals surface area (Å²) in [6, 6.07) is 5.57. The topological polar surface area (TPSA) is 42.2 Å². The summed E-state index contributed by atoms with van der Waals surface area (Å²) in [5, 5.41) is 10.5. The highest BCUT2D eigenvalue weighted by atomic mass is 35.5. The van der Waals surface area contributed by atoms with Crippen LogP contribution in [0.4, 0.5) is 0 Å². The number of carboxylic acid groups (broad SMARTS) is 1. The lowest BCUT2D eigenvalue weighted by Crippen LogP contribution is -2.01. The molecule has 2 aromatic rings. The van der Waals surface area contributed by atoms with Gasteiger partial charge in [0.15, 0.2) is 0 Å². The number of aromatic nitrogens is 1. The molecule has 0 aliphatic carbocycles. The molecular weight excluding hydrogens is 226 g/mol. The number of benzene rings is 1. The zero-order valence-corrected chi connectivity index (χ0v) is 9.88. The maximum Gasteiger partial charge on any atom is 0.307 e. The van der Waals surface area contributed by atoms with Crippen LogP contribution in [0.3, 0.4) is 0 Å². The van der Waals surface area contributed by atoms with Crippen molar-refractivity contribution >= 4 is 28.5 Å². The maximum absolute atomic E-state index is 10.8. The molecule has 3 nitrogen and oxygen atoms in total. The molecule has 0 aliphatic rings. The Hall–Kier alpha value is -1.48. The predicted octanol–water partition coefficient (Wildman–Crippen LogP) is 2.77. The molecule has 0 unspecified atom stereocenters. The van der Waals surface area contributed by atoms with E-state index in [-0.39, 0.29) is 6.42 Å². The molecule has 1 aromatic heterocycles. The second kappa shape index (κ2) is 3.83. The fourth-order valence-corrected chi connectivity index (χ4v) is 2.34. The minimum Gasteiger partial charge on any atom is -0.481 e. The summed E-state index contributed by atoms with van der Waals surface area (Å²) in [6.07, 6.45) is 0.0313. The average molecular weight is 238 g/mol. The Morgan fingerprint density at radius 1 is 1.50 bits per heavy atom. The number of fused-ring (bicyclic) bond motifs is 1. The van der Waals surface area contributed by atoms with Gasteiger partial charge in [-0.2, -0.15) is 0 Å². The van der Waals surface area contributed by atoms with Crippen LogP contribution in [0.25, 0.3) is 10.9 Å². The molecule has 1 aromatic carbocycles. The number of carbonyl (C=O) groups is 1. The van der Waals surface area contributed by atoms with Crippen LogP contribution in [0.1, 0.15) is 11.3 Å². The third-order valence-electron chi connectivity index (χ3n) is 2.92. The summed E-state index contributed by atoms with van der Waals surface area (Å²) in [6.45, 7) is 1.91. The van der Waals surface area contributed by atoms with Crippen molar-refractivity contribution in [3.63, 3.8) is 0 Å². The van der Waals surface area contributed by atoms with E-state index in [9.17, 15) is 4.79 Å². The molecule has 2 rings (SSSR count). The number of para-hydroxylation sites is 1. The van der Waals surface area contributed by atoms with Gasteiger partial charge in [-0.3, -0.25) is 4.79 Å². The monoisotopic (exact) mass is 237 g/mol. The van der Waals surface area contributed by atoms with Gasteiger partial charge in [0.2, 0.25) is 0 Å². The number of hydrogen-bond donors (Lipinski definition) is 1. The molecular formula is C12H12ClNO2. The Morgan fingerprint density at radius 3 is 2.81 bits per heavy atom. The van der Waals surface area contributed by atoms with Crippen LogP contribution in [0, 0.1) is 6.92 Å². The first-order valence-electron chi connectivity index (χ1n) is 4.96. The zero-order chi connectivity index (χ0) is 11.9. The van der Waals surface area contributed by atoms with E-state index < -0.39 is 5.97 Å². The summed E-state index contributed by atoms with van der Waals surface area (Å²) < 4.78 is 1.94. The summed E-state index contributed by atoms with van der Waals surface area (Å²) in [4.78, 5) is 10.8. The lowest BCUT2D eigenvalue weighted by atomic mass is 10.1. The highest BCUT2D eigenvalue weighted by Gasteiger charge is 2.15. The van der Waals surface area contributed by atoms with Crippen molar-refractivity contribution in [1.82, 2.24) is 4.57 Å². The molecule has 1 heterocycles. The normalized spacial score (nSPS) is 10.9. The van der Waals surface area contributed by atoms with Crippen molar-refractivity contribution in [3.05, 3.63) is 34.5 Å². The van der Waals surface area contributed by atoms with Crippen molar-refractivity contribution in [2.75, 3.05) is 0 Å². The van der Waals surface area contributed by atoms with Crippen LogP contribution >= 0.6 is 11.6 Å². The predicted molar refractivity (Wildman–Crippen MR) is 64.0 cm³/mol. The number of carboxylic acids is 1. The molecule has 0 saturated carbocycles. The molecule has 0 spiro atoms. The number of halogens is 1. The molecule has 0 amide bonds. The number of hydrogen-bond acceptors (Lipinski definition) is 1. The van der Waals surface area contributed by atoms with Gasteiger partial charge in [-0.15, -0.1) is 0 Å². The van der Waals surface area contributed by atoms with Crippen molar-refractivity contribution in [1.29, 1.82) is 0 Å². The largest absolute Gasteiger partial charge is 0.481 e. The first-order valence-corrected chi connectivity index (χ1v) is 5.34. The van der Waals surface area contributed by atoms with Crippen molar-refractivity contribution in [2.24, 2.45) is 7.05 Å². The van der Waals surface area contributed by atoms with Crippen LogP contribution in [0.2, 0.25) is 5.02 Å². The van der Waals surface area contributed by atoms with Crippen LogP contribution in [-0.2, 0) is 18.3 Å². The zero-order valence-electron chi connectivity index (χ0n) is 9.12. The maximum atomic E-state index is 10.8. The smallest absolute Gasteiger partial charge is 0.307 e. The molecule has 0 saturated heterocycles. The molecule has 0 radical (unpaired) electrons. The lowest BCUT2D eigenvalue weighted by Gasteiger charge is -2.00. The molecule has 0 fully saturated rings. The molecule has 16 heavy (non-hydrogen) atoms. The number of aliphatic carboxylic acids is 1. The third kappa shape index (κ3) is 1.57. The van der Waals surface area contributed by atoms with Crippen LogP contribution < -0.4 is 0 Å². The average Bonchev–Trinajstić information content (AvgIpc) is 2.44. The van der Waals surface area contributed by atoms with Gasteiger partial charge in [0, 0.05) is 18.1 Å². The van der Waals surface area contributed by atoms with Gasteiger partial charge in [-0.25, -0.2) is 0 Å². The SMILES string of the molecule is Cc1c(CC(=O)O)c2cccc(Cl)c2n1C. The molecule has 0 aliphatic heterocycles. The van der Waals surface area contributed by atoms with E-state index in [4.69, 9.17) is 16.7 Å². The Bertz CT molecular complexity index is 572. The van der Waals surface area contributed by atoms with E-state index in [0.29, 0.717) is 5.02 Å². The second-order valence-electron chi connectivity index (χ2n) is 3.83. The molecule has 84 valence electrons. The third-order valence-corrected chi connectivity index (χ3v) is 3.22. The highest BCUT2D eigenvalue weighted by Crippen LogP contribution is 2.30. The van der Waals surface area contributed by atoms with Gasteiger partial charge in [0.1, 0.15) is 0 Å². The van der Waals surface area contributed by atoms with E-state index in [1.807, 2.05) is 36.7 Å². The second-order valence-corrected chi connectivity index (χ2v) is 4.24. The standard InChI is InChI=1S/C12H12ClNO2/c1-7-9(6-11(15)16)8-4-3-5-10(13)12(8)14(7)2/h3-5H,6H2,1-2H3,(H,15,16). The minimum atomic E-state index is -0.824. The van der Waals surface area contributed by atoms with Crippen LogP contribution in [-0.4, -0.2) is 15.6 Å². The van der Waals surface area contributed by atoms with E-state index in [0.717, 1.165) is 22.2 Å². The van der Waals surface area contributed by atoms with Crippen LogP contribution in [0.15, 0.2) is 18.2 Å². The van der Waals surface area contributed by atoms with Crippen molar-refractivity contribution in [3.8, 4) is 0 Å². The molecule has 0 atom stereocenters. The number of rotatable bonds is 2. The number of nitrogens with zero attached hydrogens (tertiary/aromatic N) is 1. The summed E-state index contributed by atoms with van der Waals surface area (Å²) in [5.74, 6) is -0.824.